The molecular formula is C11H13ClN2O3S. The van der Waals surface area contributed by atoms with Gasteiger partial charge in [-0.2, -0.15) is 11.8 Å². The Balaban J connectivity index is 2.72. The van der Waals surface area contributed by atoms with Crippen molar-refractivity contribution in [2.45, 2.75) is 12.5 Å². The Morgan fingerprint density at radius 1 is 1.61 bits per heavy atom. The molecule has 1 aromatic heterocycles. The lowest BCUT2D eigenvalue weighted by Crippen LogP contribution is -2.41. The van der Waals surface area contributed by atoms with Crippen LogP contribution < -0.4 is 5.32 Å². The van der Waals surface area contributed by atoms with Crippen LogP contribution in [0.3, 0.4) is 0 Å². The van der Waals surface area contributed by atoms with E-state index in [1.165, 1.54) is 30.2 Å². The summed E-state index contributed by atoms with van der Waals surface area (Å²) in [6.07, 6.45) is 5.01. The average Bonchev–Trinajstić information content (AvgIpc) is 2.34. The number of carboxylic acids is 1. The largest absolute Gasteiger partial charge is 0.480 e. The van der Waals surface area contributed by atoms with E-state index in [0.717, 1.165) is 0 Å². The van der Waals surface area contributed by atoms with Crippen LogP contribution in [0.5, 0.6) is 0 Å². The maximum atomic E-state index is 11.9. The number of carbonyl (C=O) groups excluding carboxylic acids is 1. The molecule has 98 valence electrons. The number of carboxylic acid groups (broad SMARTS) is 1. The molecule has 1 amide bonds. The monoisotopic (exact) mass is 288 g/mol. The van der Waals surface area contributed by atoms with Crippen LogP contribution in [0, 0.1) is 0 Å². The minimum atomic E-state index is -1.05. The van der Waals surface area contributed by atoms with Crippen LogP contribution in [0.4, 0.5) is 0 Å². The maximum Gasteiger partial charge on any atom is 0.326 e. The molecule has 0 radical (unpaired) electrons. The van der Waals surface area contributed by atoms with Crippen LogP contribution in [0.25, 0.3) is 0 Å². The number of aromatic nitrogens is 1. The van der Waals surface area contributed by atoms with Gasteiger partial charge in [-0.15, -0.1) is 0 Å². The summed E-state index contributed by atoms with van der Waals surface area (Å²) in [7, 11) is 0. The maximum absolute atomic E-state index is 11.9. The molecule has 0 aliphatic heterocycles. The summed E-state index contributed by atoms with van der Waals surface area (Å²) in [5.41, 5.74) is 0.224. The van der Waals surface area contributed by atoms with Crippen molar-refractivity contribution in [2.75, 3.05) is 12.0 Å². The van der Waals surface area contributed by atoms with E-state index >= 15 is 0 Å². The minimum absolute atomic E-state index is 0.198. The average molecular weight is 289 g/mol. The van der Waals surface area contributed by atoms with Crippen molar-refractivity contribution < 1.29 is 14.7 Å². The van der Waals surface area contributed by atoms with Crippen molar-refractivity contribution in [3.63, 3.8) is 0 Å². The van der Waals surface area contributed by atoms with E-state index in [2.05, 4.69) is 10.3 Å². The van der Waals surface area contributed by atoms with E-state index in [0.29, 0.717) is 12.2 Å². The number of amides is 1. The molecule has 1 unspecified atom stereocenters. The molecule has 0 bridgehead atoms. The third-order valence-electron chi connectivity index (χ3n) is 2.23. The standard InChI is InChI=1S/C11H13ClN2O3S/c1-18-5-3-9(11(16)17)14-10(15)7-2-4-13-6-8(7)12/h2,4,6,9H,3,5H2,1H3,(H,14,15)(H,16,17). The van der Waals surface area contributed by atoms with E-state index < -0.39 is 17.9 Å². The normalized spacial score (nSPS) is 11.9. The fourth-order valence-corrected chi connectivity index (χ4v) is 1.96. The molecule has 1 aromatic rings. The second-order valence-electron chi connectivity index (χ2n) is 3.50. The first-order valence-electron chi connectivity index (χ1n) is 5.18. The Labute approximate surface area is 114 Å². The number of hydrogen-bond donors (Lipinski definition) is 2. The van der Waals surface area contributed by atoms with E-state index in [9.17, 15) is 9.59 Å². The van der Waals surface area contributed by atoms with Gasteiger partial charge >= 0.3 is 5.97 Å². The van der Waals surface area contributed by atoms with E-state index in [4.69, 9.17) is 16.7 Å². The summed E-state index contributed by atoms with van der Waals surface area (Å²) in [5.74, 6) is -0.903. The lowest BCUT2D eigenvalue weighted by Gasteiger charge is -2.14. The highest BCUT2D eigenvalue weighted by Crippen LogP contribution is 2.13. The highest BCUT2D eigenvalue weighted by atomic mass is 35.5. The van der Waals surface area contributed by atoms with Crippen molar-refractivity contribution in [1.82, 2.24) is 10.3 Å². The van der Waals surface area contributed by atoms with Gasteiger partial charge in [-0.25, -0.2) is 4.79 Å². The topological polar surface area (TPSA) is 79.3 Å². The molecule has 5 nitrogen and oxygen atoms in total. The Bertz CT molecular complexity index is 442. The van der Waals surface area contributed by atoms with Gasteiger partial charge in [0, 0.05) is 12.4 Å². The first-order valence-corrected chi connectivity index (χ1v) is 6.95. The van der Waals surface area contributed by atoms with Crippen molar-refractivity contribution in [2.24, 2.45) is 0 Å². The highest BCUT2D eigenvalue weighted by molar-refractivity contribution is 7.98. The van der Waals surface area contributed by atoms with Gasteiger partial charge in [-0.1, -0.05) is 11.6 Å². The number of halogens is 1. The van der Waals surface area contributed by atoms with E-state index in [1.54, 1.807) is 0 Å². The van der Waals surface area contributed by atoms with Crippen LogP contribution in [0.1, 0.15) is 16.8 Å². The Morgan fingerprint density at radius 3 is 2.89 bits per heavy atom. The molecule has 0 fully saturated rings. The number of pyridine rings is 1. The second-order valence-corrected chi connectivity index (χ2v) is 4.89. The molecule has 0 spiro atoms. The van der Waals surface area contributed by atoms with Gasteiger partial charge in [0.25, 0.3) is 5.91 Å². The summed E-state index contributed by atoms with van der Waals surface area (Å²) in [6.45, 7) is 0. The molecule has 1 atom stereocenters. The van der Waals surface area contributed by atoms with Crippen molar-refractivity contribution >= 4 is 35.2 Å². The number of rotatable bonds is 6. The fraction of sp³-hybridized carbons (Fsp3) is 0.364. The van der Waals surface area contributed by atoms with Gasteiger partial charge in [0.05, 0.1) is 10.6 Å². The van der Waals surface area contributed by atoms with Crippen molar-refractivity contribution in [1.29, 1.82) is 0 Å². The molecule has 0 aliphatic rings. The Morgan fingerprint density at radius 2 is 2.33 bits per heavy atom. The van der Waals surface area contributed by atoms with Crippen molar-refractivity contribution in [3.8, 4) is 0 Å². The molecular weight excluding hydrogens is 276 g/mol. The van der Waals surface area contributed by atoms with Crippen LogP contribution in [-0.2, 0) is 4.79 Å². The quantitative estimate of drug-likeness (QED) is 0.832. The van der Waals surface area contributed by atoms with Crippen LogP contribution >= 0.6 is 23.4 Å². The number of hydrogen-bond acceptors (Lipinski definition) is 4. The number of aliphatic carboxylic acids is 1. The first kappa shape index (κ1) is 14.8. The molecule has 0 saturated carbocycles. The van der Waals surface area contributed by atoms with Gasteiger partial charge in [-0.05, 0) is 24.5 Å². The zero-order chi connectivity index (χ0) is 13.5. The molecule has 1 rings (SSSR count). The minimum Gasteiger partial charge on any atom is -0.480 e. The highest BCUT2D eigenvalue weighted by Gasteiger charge is 2.21. The number of carbonyl (C=O) groups is 2. The van der Waals surface area contributed by atoms with Gasteiger partial charge in [0.1, 0.15) is 6.04 Å². The van der Waals surface area contributed by atoms with Gasteiger partial charge in [0.15, 0.2) is 0 Å². The van der Waals surface area contributed by atoms with E-state index in [-0.39, 0.29) is 10.6 Å². The summed E-state index contributed by atoms with van der Waals surface area (Å²) < 4.78 is 0. The lowest BCUT2D eigenvalue weighted by atomic mass is 10.2. The van der Waals surface area contributed by atoms with Crippen molar-refractivity contribution in [3.05, 3.63) is 29.0 Å². The molecule has 0 aliphatic carbocycles. The van der Waals surface area contributed by atoms with Gasteiger partial charge in [0.2, 0.25) is 0 Å². The SMILES string of the molecule is CSCCC(NC(=O)c1ccncc1Cl)C(=O)O. The van der Waals surface area contributed by atoms with Gasteiger partial charge < -0.3 is 10.4 Å². The Kier molecular flexibility index (Phi) is 5.94. The molecule has 7 heteroatoms. The predicted octanol–water partition coefficient (Wildman–Crippen LogP) is 1.67. The van der Waals surface area contributed by atoms with Crippen LogP contribution in [-0.4, -0.2) is 40.0 Å². The first-order chi connectivity index (χ1) is 8.56. The third kappa shape index (κ3) is 4.19. The summed E-state index contributed by atoms with van der Waals surface area (Å²) in [6, 6.07) is 0.541. The lowest BCUT2D eigenvalue weighted by molar-refractivity contribution is -0.139. The summed E-state index contributed by atoms with van der Waals surface area (Å²) in [5, 5.41) is 11.6. The smallest absolute Gasteiger partial charge is 0.326 e. The zero-order valence-electron chi connectivity index (χ0n) is 9.72. The number of nitrogens with one attached hydrogen (secondary N) is 1. The molecule has 0 saturated heterocycles. The molecule has 18 heavy (non-hydrogen) atoms. The Hall–Kier alpha value is -1.27. The van der Waals surface area contributed by atoms with E-state index in [1.807, 2.05) is 6.26 Å². The predicted molar refractivity (Wildman–Crippen MR) is 71.1 cm³/mol. The second kappa shape index (κ2) is 7.23. The summed E-state index contributed by atoms with van der Waals surface area (Å²) >= 11 is 7.33. The molecule has 1 heterocycles. The number of thioether (sulfide) groups is 1. The summed E-state index contributed by atoms with van der Waals surface area (Å²) in [4.78, 5) is 26.6. The number of nitrogens with zero attached hydrogens (tertiary/aromatic N) is 1. The van der Waals surface area contributed by atoms with Crippen LogP contribution in [0.15, 0.2) is 18.5 Å². The van der Waals surface area contributed by atoms with Gasteiger partial charge in [-0.3, -0.25) is 9.78 Å². The molecule has 2 N–H and O–H groups in total. The zero-order valence-corrected chi connectivity index (χ0v) is 11.3. The third-order valence-corrected chi connectivity index (χ3v) is 3.18. The molecule has 0 aromatic carbocycles. The van der Waals surface area contributed by atoms with Crippen LogP contribution in [0.2, 0.25) is 5.02 Å². The fourth-order valence-electron chi connectivity index (χ4n) is 1.29.